The molecule has 1 aromatic rings. The molecule has 1 amide bonds. The fraction of sp³-hybridized carbons (Fsp3) is 0.500. The summed E-state index contributed by atoms with van der Waals surface area (Å²) in [5, 5.41) is -0.434. The summed E-state index contributed by atoms with van der Waals surface area (Å²) in [7, 11) is 1.41. The van der Waals surface area contributed by atoms with Crippen LogP contribution in [-0.4, -0.2) is 40.4 Å². The maximum atomic E-state index is 13.3. The van der Waals surface area contributed by atoms with Crippen molar-refractivity contribution >= 4 is 23.6 Å². The lowest BCUT2D eigenvalue weighted by molar-refractivity contribution is -0.153. The SMILES string of the molecule is CCS[C@@H]1C(=O)N(Cc2ccccc2)[C@@]2(C)CC(C)=C[C@@]12C(=O)OC. The zero-order chi connectivity index (χ0) is 18.2. The quantitative estimate of drug-likeness (QED) is 0.597. The zero-order valence-corrected chi connectivity index (χ0v) is 16.1. The van der Waals surface area contributed by atoms with Gasteiger partial charge in [0, 0.05) is 6.54 Å². The van der Waals surface area contributed by atoms with E-state index in [-0.39, 0.29) is 11.9 Å². The van der Waals surface area contributed by atoms with Gasteiger partial charge < -0.3 is 9.64 Å². The Kier molecular flexibility index (Phi) is 4.71. The number of esters is 1. The predicted octanol–water partition coefficient (Wildman–Crippen LogP) is 3.42. The minimum Gasteiger partial charge on any atom is -0.468 e. The molecular formula is C20H25NO3S. The lowest BCUT2D eigenvalue weighted by atomic mass is 9.73. The van der Waals surface area contributed by atoms with Gasteiger partial charge in [-0.05, 0) is 31.6 Å². The topological polar surface area (TPSA) is 46.6 Å². The Balaban J connectivity index is 2.10. The van der Waals surface area contributed by atoms with Crippen molar-refractivity contribution in [1.29, 1.82) is 0 Å². The molecular weight excluding hydrogens is 334 g/mol. The molecule has 1 aromatic carbocycles. The molecule has 4 nitrogen and oxygen atoms in total. The first-order valence-electron chi connectivity index (χ1n) is 8.64. The number of amides is 1. The second-order valence-corrected chi connectivity index (χ2v) is 8.43. The van der Waals surface area contributed by atoms with Crippen LogP contribution in [0, 0.1) is 5.41 Å². The van der Waals surface area contributed by atoms with Gasteiger partial charge in [-0.15, -0.1) is 11.8 Å². The Morgan fingerprint density at radius 1 is 1.36 bits per heavy atom. The molecule has 1 aliphatic carbocycles. The number of likely N-dealkylation sites (tertiary alicyclic amines) is 1. The van der Waals surface area contributed by atoms with Crippen molar-refractivity contribution in [3.8, 4) is 0 Å². The van der Waals surface area contributed by atoms with Crippen LogP contribution >= 0.6 is 11.8 Å². The maximum Gasteiger partial charge on any atom is 0.319 e. The molecule has 1 heterocycles. The van der Waals surface area contributed by atoms with Crippen LogP contribution < -0.4 is 0 Å². The Morgan fingerprint density at radius 2 is 2.04 bits per heavy atom. The molecule has 5 heteroatoms. The second-order valence-electron chi connectivity index (χ2n) is 7.05. The summed E-state index contributed by atoms with van der Waals surface area (Å²) in [6.07, 6.45) is 2.69. The Morgan fingerprint density at radius 3 is 2.64 bits per heavy atom. The van der Waals surface area contributed by atoms with E-state index in [1.807, 2.05) is 62.1 Å². The van der Waals surface area contributed by atoms with Crippen molar-refractivity contribution < 1.29 is 14.3 Å². The van der Waals surface area contributed by atoms with Gasteiger partial charge in [0.2, 0.25) is 5.91 Å². The van der Waals surface area contributed by atoms with E-state index in [1.54, 1.807) is 11.8 Å². The van der Waals surface area contributed by atoms with E-state index < -0.39 is 16.2 Å². The van der Waals surface area contributed by atoms with Gasteiger partial charge >= 0.3 is 5.97 Å². The Labute approximate surface area is 153 Å². The number of thioether (sulfide) groups is 1. The predicted molar refractivity (Wildman–Crippen MR) is 100 cm³/mol. The number of fused-ring (bicyclic) bond motifs is 1. The smallest absolute Gasteiger partial charge is 0.319 e. The molecule has 1 fully saturated rings. The van der Waals surface area contributed by atoms with Crippen LogP contribution in [0.15, 0.2) is 42.0 Å². The highest BCUT2D eigenvalue weighted by Crippen LogP contribution is 2.59. The number of benzene rings is 1. The summed E-state index contributed by atoms with van der Waals surface area (Å²) < 4.78 is 5.20. The van der Waals surface area contributed by atoms with E-state index in [0.717, 1.165) is 16.9 Å². The summed E-state index contributed by atoms with van der Waals surface area (Å²) in [5.41, 5.74) is 0.699. The number of nitrogens with zero attached hydrogens (tertiary/aromatic N) is 1. The molecule has 1 saturated heterocycles. The van der Waals surface area contributed by atoms with E-state index in [0.29, 0.717) is 13.0 Å². The number of hydrogen-bond acceptors (Lipinski definition) is 4. The molecule has 3 atom stereocenters. The van der Waals surface area contributed by atoms with Crippen molar-refractivity contribution in [2.24, 2.45) is 5.41 Å². The Hall–Kier alpha value is -1.75. The molecule has 1 aliphatic heterocycles. The van der Waals surface area contributed by atoms with E-state index in [4.69, 9.17) is 4.74 Å². The molecule has 3 rings (SSSR count). The van der Waals surface area contributed by atoms with Crippen LogP contribution in [0.25, 0.3) is 0 Å². The second kappa shape index (κ2) is 6.52. The average molecular weight is 359 g/mol. The zero-order valence-electron chi connectivity index (χ0n) is 15.2. The molecule has 0 N–H and O–H groups in total. The summed E-state index contributed by atoms with van der Waals surface area (Å²) in [6.45, 7) is 6.60. The van der Waals surface area contributed by atoms with Crippen LogP contribution in [0.4, 0.5) is 0 Å². The molecule has 0 radical (unpaired) electrons. The molecule has 0 unspecified atom stereocenters. The van der Waals surface area contributed by atoms with Gasteiger partial charge in [0.15, 0.2) is 0 Å². The number of carbonyl (C=O) groups excluding carboxylic acids is 2. The third-order valence-corrected chi connectivity index (χ3v) is 6.77. The van der Waals surface area contributed by atoms with E-state index >= 15 is 0 Å². The maximum absolute atomic E-state index is 13.3. The number of hydrogen-bond donors (Lipinski definition) is 0. The van der Waals surface area contributed by atoms with Crippen molar-refractivity contribution in [3.05, 3.63) is 47.5 Å². The number of methoxy groups -OCH3 is 1. The molecule has 2 aliphatic rings. The van der Waals surface area contributed by atoms with Gasteiger partial charge in [0.25, 0.3) is 0 Å². The highest BCUT2D eigenvalue weighted by molar-refractivity contribution is 8.00. The molecule has 0 saturated carbocycles. The molecule has 0 aromatic heterocycles. The minimum atomic E-state index is -0.918. The summed E-state index contributed by atoms with van der Waals surface area (Å²) in [5.74, 6) is 0.506. The van der Waals surface area contributed by atoms with Gasteiger partial charge in [-0.25, -0.2) is 0 Å². The van der Waals surface area contributed by atoms with E-state index in [2.05, 4.69) is 0 Å². The van der Waals surface area contributed by atoms with Crippen LogP contribution in [0.1, 0.15) is 32.8 Å². The summed E-state index contributed by atoms with van der Waals surface area (Å²) >= 11 is 1.54. The van der Waals surface area contributed by atoms with Crippen LogP contribution in [0.3, 0.4) is 0 Å². The molecule has 0 bridgehead atoms. The Bertz CT molecular complexity index is 717. The van der Waals surface area contributed by atoms with Crippen molar-refractivity contribution in [3.63, 3.8) is 0 Å². The monoisotopic (exact) mass is 359 g/mol. The van der Waals surface area contributed by atoms with Crippen LogP contribution in [-0.2, 0) is 20.9 Å². The van der Waals surface area contributed by atoms with Crippen molar-refractivity contribution in [2.45, 2.75) is 44.5 Å². The van der Waals surface area contributed by atoms with Crippen LogP contribution in [0.2, 0.25) is 0 Å². The summed E-state index contributed by atoms with van der Waals surface area (Å²) in [6, 6.07) is 9.95. The van der Waals surface area contributed by atoms with Gasteiger partial charge in [-0.3, -0.25) is 9.59 Å². The first-order chi connectivity index (χ1) is 11.9. The van der Waals surface area contributed by atoms with Gasteiger partial charge in [-0.2, -0.15) is 0 Å². The van der Waals surface area contributed by atoms with Crippen molar-refractivity contribution in [2.75, 3.05) is 12.9 Å². The van der Waals surface area contributed by atoms with Gasteiger partial charge in [0.05, 0.1) is 12.6 Å². The minimum absolute atomic E-state index is 0.0346. The number of carbonyl (C=O) groups is 2. The first kappa shape index (κ1) is 18.1. The van der Waals surface area contributed by atoms with Gasteiger partial charge in [0.1, 0.15) is 10.7 Å². The number of ether oxygens (including phenoxy) is 1. The first-order valence-corrected chi connectivity index (χ1v) is 9.69. The van der Waals surface area contributed by atoms with Gasteiger partial charge in [-0.1, -0.05) is 48.9 Å². The van der Waals surface area contributed by atoms with Crippen LogP contribution in [0.5, 0.6) is 0 Å². The lowest BCUT2D eigenvalue weighted by Gasteiger charge is -2.41. The third kappa shape index (κ3) is 2.51. The summed E-state index contributed by atoms with van der Waals surface area (Å²) in [4.78, 5) is 28.2. The highest BCUT2D eigenvalue weighted by Gasteiger charge is 2.71. The van der Waals surface area contributed by atoms with E-state index in [1.165, 1.54) is 7.11 Å². The fourth-order valence-corrected chi connectivity index (χ4v) is 5.77. The molecule has 134 valence electrons. The normalized spacial score (nSPS) is 31.0. The molecule has 25 heavy (non-hydrogen) atoms. The fourth-order valence-electron chi connectivity index (χ4n) is 4.48. The standard InChI is InChI=1S/C20H25NO3S/c1-5-25-16-17(22)21(13-15-9-7-6-8-10-15)19(3)11-14(2)12-20(16,19)18(23)24-4/h6-10,12,16H,5,11,13H2,1-4H3/t16-,19+,20+/m1/s1. The third-order valence-electron chi connectivity index (χ3n) is 5.53. The highest BCUT2D eigenvalue weighted by atomic mass is 32.2. The molecule has 0 spiro atoms. The number of rotatable bonds is 5. The largest absolute Gasteiger partial charge is 0.468 e. The van der Waals surface area contributed by atoms with Crippen molar-refractivity contribution in [1.82, 2.24) is 4.90 Å². The lowest BCUT2D eigenvalue weighted by Crippen LogP contribution is -2.54. The van der Waals surface area contributed by atoms with E-state index in [9.17, 15) is 9.59 Å². The average Bonchev–Trinajstić information content (AvgIpc) is 2.96.